The number of rotatable bonds is 5. The molecule has 2 aromatic rings. The maximum absolute atomic E-state index is 12.6. The number of halogens is 4. The molecule has 1 fully saturated rings. The van der Waals surface area contributed by atoms with Crippen molar-refractivity contribution in [2.75, 3.05) is 32.7 Å². The number of carbonyl (C=O) groups excluding carboxylic acids is 1. The third-order valence-corrected chi connectivity index (χ3v) is 8.24. The highest BCUT2D eigenvalue weighted by molar-refractivity contribution is 7.91. The van der Waals surface area contributed by atoms with Crippen LogP contribution in [0.25, 0.3) is 0 Å². The molecule has 1 aliphatic rings. The van der Waals surface area contributed by atoms with Crippen molar-refractivity contribution in [3.05, 3.63) is 51.9 Å². The number of hydrogen-bond acceptors (Lipinski definition) is 4. The monoisotopic (exact) mass is 481 g/mol. The van der Waals surface area contributed by atoms with Crippen molar-refractivity contribution in [2.24, 2.45) is 0 Å². The van der Waals surface area contributed by atoms with Crippen LogP contribution < -0.4 is 5.32 Å². The van der Waals surface area contributed by atoms with Gasteiger partial charge in [-0.15, -0.1) is 11.3 Å². The van der Waals surface area contributed by atoms with Crippen molar-refractivity contribution in [2.45, 2.75) is 16.8 Å². The predicted octanol–water partition coefficient (Wildman–Crippen LogP) is 3.68. The third-order valence-electron chi connectivity index (χ3n) is 4.64. The van der Waals surface area contributed by atoms with Gasteiger partial charge in [-0.1, -0.05) is 23.7 Å². The summed E-state index contributed by atoms with van der Waals surface area (Å²) in [5.41, 5.74) is -0.0400. The molecule has 0 atom stereocenters. The Balaban J connectivity index is 1.45. The molecule has 1 aromatic carbocycles. The molecular formula is C18H19ClF3N3O3S2. The van der Waals surface area contributed by atoms with E-state index in [1.165, 1.54) is 33.5 Å². The average molecular weight is 482 g/mol. The Morgan fingerprint density at radius 1 is 1.07 bits per heavy atom. The molecule has 0 spiro atoms. The summed E-state index contributed by atoms with van der Waals surface area (Å²) in [5, 5.41) is 2.72. The van der Waals surface area contributed by atoms with E-state index in [4.69, 9.17) is 11.6 Å². The average Bonchev–Trinajstić information content (AvgIpc) is 3.15. The Morgan fingerprint density at radius 3 is 2.23 bits per heavy atom. The largest absolute Gasteiger partial charge is 0.416 e. The summed E-state index contributed by atoms with van der Waals surface area (Å²) in [6.45, 7) is 1.08. The second-order valence-electron chi connectivity index (χ2n) is 6.63. The zero-order valence-corrected chi connectivity index (χ0v) is 18.0. The Labute approximate surface area is 181 Å². The van der Waals surface area contributed by atoms with Gasteiger partial charge in [0.05, 0.1) is 9.90 Å². The van der Waals surface area contributed by atoms with Crippen LogP contribution in [-0.2, 0) is 22.6 Å². The standard InChI is InChI=1S/C18H19ClF3N3O3S2/c19-15-5-6-16(29-15)30(27,28)25-11-9-24(10-12-25)17(26)23-8-7-13-1-3-14(4-2-13)18(20,21)22/h1-6H,7-12H2,(H,23,26). The second kappa shape index (κ2) is 9.13. The molecule has 0 radical (unpaired) electrons. The highest BCUT2D eigenvalue weighted by atomic mass is 35.5. The first-order chi connectivity index (χ1) is 14.1. The fourth-order valence-electron chi connectivity index (χ4n) is 2.98. The van der Waals surface area contributed by atoms with Gasteiger partial charge in [-0.3, -0.25) is 0 Å². The second-order valence-corrected chi connectivity index (χ2v) is 10.5. The van der Waals surface area contributed by atoms with Gasteiger partial charge in [-0.05, 0) is 36.2 Å². The Hall–Kier alpha value is -1.82. The van der Waals surface area contributed by atoms with Crippen LogP contribution in [-0.4, -0.2) is 56.4 Å². The van der Waals surface area contributed by atoms with Crippen LogP contribution in [0.4, 0.5) is 18.0 Å². The van der Waals surface area contributed by atoms with Gasteiger partial charge >= 0.3 is 12.2 Å². The third kappa shape index (κ3) is 5.45. The molecule has 1 aromatic heterocycles. The Morgan fingerprint density at radius 2 is 1.70 bits per heavy atom. The molecule has 30 heavy (non-hydrogen) atoms. The molecule has 6 nitrogen and oxygen atoms in total. The van der Waals surface area contributed by atoms with Crippen molar-refractivity contribution in [1.82, 2.24) is 14.5 Å². The number of benzene rings is 1. The van der Waals surface area contributed by atoms with Crippen LogP contribution in [0.5, 0.6) is 0 Å². The van der Waals surface area contributed by atoms with Gasteiger partial charge in [-0.25, -0.2) is 13.2 Å². The molecule has 164 valence electrons. The molecular weight excluding hydrogens is 463 g/mol. The van der Waals surface area contributed by atoms with Gasteiger partial charge < -0.3 is 10.2 Å². The van der Waals surface area contributed by atoms with E-state index in [1.807, 2.05) is 0 Å². The molecule has 1 aliphatic heterocycles. The van der Waals surface area contributed by atoms with E-state index in [2.05, 4.69) is 5.32 Å². The SMILES string of the molecule is O=C(NCCc1ccc(C(F)(F)F)cc1)N1CCN(S(=O)(=O)c2ccc(Cl)s2)CC1. The molecule has 2 amide bonds. The van der Waals surface area contributed by atoms with E-state index < -0.39 is 21.8 Å². The van der Waals surface area contributed by atoms with Crippen LogP contribution in [0.3, 0.4) is 0 Å². The predicted molar refractivity (Wildman–Crippen MR) is 108 cm³/mol. The Kier molecular flexibility index (Phi) is 6.95. The van der Waals surface area contributed by atoms with Gasteiger partial charge in [0, 0.05) is 32.7 Å². The van der Waals surface area contributed by atoms with Crippen molar-refractivity contribution in [3.63, 3.8) is 0 Å². The van der Waals surface area contributed by atoms with Gasteiger partial charge in [0.1, 0.15) is 4.21 Å². The molecule has 3 rings (SSSR count). The maximum atomic E-state index is 12.6. The highest BCUT2D eigenvalue weighted by Gasteiger charge is 2.31. The number of urea groups is 1. The van der Waals surface area contributed by atoms with Gasteiger partial charge in [0.25, 0.3) is 10.0 Å². The van der Waals surface area contributed by atoms with Crippen LogP contribution >= 0.6 is 22.9 Å². The zero-order valence-electron chi connectivity index (χ0n) is 15.7. The number of thiophene rings is 1. The quantitative estimate of drug-likeness (QED) is 0.708. The minimum Gasteiger partial charge on any atom is -0.338 e. The highest BCUT2D eigenvalue weighted by Crippen LogP contribution is 2.29. The topological polar surface area (TPSA) is 69.7 Å². The maximum Gasteiger partial charge on any atom is 0.416 e. The van der Waals surface area contributed by atoms with E-state index in [-0.39, 0.29) is 43.0 Å². The summed E-state index contributed by atoms with van der Waals surface area (Å²) in [5.74, 6) is 0. The van der Waals surface area contributed by atoms with Gasteiger partial charge in [0.2, 0.25) is 0 Å². The van der Waals surface area contributed by atoms with E-state index in [9.17, 15) is 26.4 Å². The van der Waals surface area contributed by atoms with E-state index in [1.54, 1.807) is 0 Å². The Bertz CT molecular complexity index is 986. The normalized spacial score (nSPS) is 15.9. The van der Waals surface area contributed by atoms with Crippen molar-refractivity contribution in [1.29, 1.82) is 0 Å². The molecule has 0 unspecified atom stereocenters. The molecule has 1 saturated heterocycles. The molecule has 0 aliphatic carbocycles. The molecule has 0 saturated carbocycles. The van der Waals surface area contributed by atoms with Crippen molar-refractivity contribution >= 4 is 39.0 Å². The van der Waals surface area contributed by atoms with Gasteiger partial charge in [0.15, 0.2) is 0 Å². The van der Waals surface area contributed by atoms with E-state index in [0.29, 0.717) is 16.3 Å². The van der Waals surface area contributed by atoms with Crippen LogP contribution in [0.2, 0.25) is 4.34 Å². The van der Waals surface area contributed by atoms with Gasteiger partial charge in [-0.2, -0.15) is 17.5 Å². The van der Waals surface area contributed by atoms with E-state index in [0.717, 1.165) is 23.5 Å². The summed E-state index contributed by atoms with van der Waals surface area (Å²) in [6.07, 6.45) is -3.99. The van der Waals surface area contributed by atoms with Crippen molar-refractivity contribution < 1.29 is 26.4 Å². The number of sulfonamides is 1. The first-order valence-corrected chi connectivity index (χ1v) is 11.7. The number of piperazine rings is 1. The minimum atomic E-state index is -4.38. The molecule has 12 heteroatoms. The van der Waals surface area contributed by atoms with Crippen LogP contribution in [0, 0.1) is 0 Å². The lowest BCUT2D eigenvalue weighted by Gasteiger charge is -2.33. The first-order valence-electron chi connectivity index (χ1n) is 9.02. The number of carbonyl (C=O) groups is 1. The fourth-order valence-corrected chi connectivity index (χ4v) is 6.04. The number of hydrogen-bond donors (Lipinski definition) is 1. The summed E-state index contributed by atoms with van der Waals surface area (Å²) >= 11 is 6.80. The summed E-state index contributed by atoms with van der Waals surface area (Å²) < 4.78 is 64.8. The lowest BCUT2D eigenvalue weighted by atomic mass is 10.1. The minimum absolute atomic E-state index is 0.168. The number of alkyl halides is 3. The van der Waals surface area contributed by atoms with Crippen molar-refractivity contribution in [3.8, 4) is 0 Å². The number of amides is 2. The lowest BCUT2D eigenvalue weighted by Crippen LogP contribution is -2.53. The molecule has 1 N–H and O–H groups in total. The fraction of sp³-hybridized carbons (Fsp3) is 0.389. The summed E-state index contributed by atoms with van der Waals surface area (Å²) in [6, 6.07) is 7.44. The summed E-state index contributed by atoms with van der Waals surface area (Å²) in [7, 11) is -3.63. The molecule has 2 heterocycles. The number of nitrogens with zero attached hydrogens (tertiary/aromatic N) is 2. The number of nitrogens with one attached hydrogen (secondary N) is 1. The van der Waals surface area contributed by atoms with Crippen LogP contribution in [0.1, 0.15) is 11.1 Å². The van der Waals surface area contributed by atoms with E-state index >= 15 is 0 Å². The lowest BCUT2D eigenvalue weighted by molar-refractivity contribution is -0.137. The smallest absolute Gasteiger partial charge is 0.338 e. The van der Waals surface area contributed by atoms with Crippen LogP contribution in [0.15, 0.2) is 40.6 Å². The first kappa shape index (κ1) is 22.9. The zero-order chi connectivity index (χ0) is 21.9. The molecule has 0 bridgehead atoms. The summed E-state index contributed by atoms with van der Waals surface area (Å²) in [4.78, 5) is 13.8.